The van der Waals surface area contributed by atoms with Crippen molar-refractivity contribution in [1.82, 2.24) is 15.3 Å². The van der Waals surface area contributed by atoms with Gasteiger partial charge in [0.15, 0.2) is 0 Å². The number of amides is 1. The molecule has 1 heterocycles. The summed E-state index contributed by atoms with van der Waals surface area (Å²) in [4.78, 5) is 19.9. The van der Waals surface area contributed by atoms with Crippen molar-refractivity contribution in [3.8, 4) is 11.8 Å². The Hall–Kier alpha value is -2.42. The Balaban J connectivity index is 2.04. The van der Waals surface area contributed by atoms with Gasteiger partial charge in [0, 0.05) is 17.3 Å². The summed E-state index contributed by atoms with van der Waals surface area (Å²) in [6.45, 7) is 0.588. The maximum atomic E-state index is 12.0. The first-order chi connectivity index (χ1) is 10.2. The quantitative estimate of drug-likeness (QED) is 0.839. The summed E-state index contributed by atoms with van der Waals surface area (Å²) < 4.78 is 0. The maximum absolute atomic E-state index is 12.0. The second kappa shape index (κ2) is 7.39. The molecular weight excluding hydrogens is 288 g/mol. The van der Waals surface area contributed by atoms with Crippen molar-refractivity contribution in [3.05, 3.63) is 58.6 Å². The number of carbonyl (C=O) groups is 1. The molecule has 1 amide bonds. The van der Waals surface area contributed by atoms with Gasteiger partial charge in [0.1, 0.15) is 6.33 Å². The van der Waals surface area contributed by atoms with Crippen molar-refractivity contribution in [2.75, 3.05) is 6.54 Å². The van der Waals surface area contributed by atoms with Crippen LogP contribution in [0.3, 0.4) is 0 Å². The van der Waals surface area contributed by atoms with Crippen molar-refractivity contribution in [1.29, 1.82) is 0 Å². The molecule has 1 aromatic carbocycles. The van der Waals surface area contributed by atoms with Crippen LogP contribution in [0.25, 0.3) is 0 Å². The van der Waals surface area contributed by atoms with Gasteiger partial charge in [0.05, 0.1) is 23.8 Å². The molecule has 0 saturated carbocycles. The number of carbonyl (C=O) groups excluding carboxylic acids is 1. The molecule has 0 radical (unpaired) electrons. The number of nitrogens with zero attached hydrogens (tertiary/aromatic N) is 2. The molecule has 5 nitrogen and oxygen atoms in total. The van der Waals surface area contributed by atoms with E-state index in [4.69, 9.17) is 17.3 Å². The first-order valence-corrected chi connectivity index (χ1v) is 6.60. The topological polar surface area (TPSA) is 80.9 Å². The largest absolute Gasteiger partial charge is 0.346 e. The van der Waals surface area contributed by atoms with Gasteiger partial charge in [0.25, 0.3) is 5.91 Å². The number of nitrogens with one attached hydrogen (secondary N) is 1. The van der Waals surface area contributed by atoms with Crippen LogP contribution in [0, 0.1) is 11.8 Å². The average molecular weight is 301 g/mol. The Kier molecular flexibility index (Phi) is 5.27. The Bertz CT molecular complexity index is 692. The fourth-order valence-electron chi connectivity index (χ4n) is 1.60. The highest BCUT2D eigenvalue weighted by molar-refractivity contribution is 6.32. The number of aromatic nitrogens is 2. The number of benzene rings is 1. The molecular formula is C15H13ClN4O. The van der Waals surface area contributed by atoms with Crippen LogP contribution in [-0.2, 0) is 6.54 Å². The van der Waals surface area contributed by atoms with Crippen LogP contribution in [0.15, 0.2) is 36.8 Å². The molecule has 0 bridgehead atoms. The van der Waals surface area contributed by atoms with Crippen LogP contribution in [0.5, 0.6) is 0 Å². The van der Waals surface area contributed by atoms with Gasteiger partial charge < -0.3 is 11.1 Å². The normalized spacial score (nSPS) is 9.62. The highest BCUT2D eigenvalue weighted by Crippen LogP contribution is 2.17. The van der Waals surface area contributed by atoms with Crippen molar-refractivity contribution in [2.45, 2.75) is 6.54 Å². The minimum Gasteiger partial charge on any atom is -0.346 e. The molecule has 0 spiro atoms. The lowest BCUT2D eigenvalue weighted by atomic mass is 10.1. The monoisotopic (exact) mass is 300 g/mol. The second-order valence-corrected chi connectivity index (χ2v) is 4.49. The summed E-state index contributed by atoms with van der Waals surface area (Å²) in [6, 6.07) is 6.68. The Morgan fingerprint density at radius 2 is 2.24 bits per heavy atom. The number of rotatable bonds is 3. The lowest BCUT2D eigenvalue weighted by Gasteiger charge is -2.05. The molecule has 21 heavy (non-hydrogen) atoms. The molecule has 6 heteroatoms. The fraction of sp³-hybridized carbons (Fsp3) is 0.133. The van der Waals surface area contributed by atoms with Crippen LogP contribution in [-0.4, -0.2) is 22.4 Å². The van der Waals surface area contributed by atoms with Crippen molar-refractivity contribution < 1.29 is 4.79 Å². The van der Waals surface area contributed by atoms with E-state index in [-0.39, 0.29) is 12.5 Å². The molecule has 1 aromatic heterocycles. The molecule has 2 aromatic rings. The Labute approximate surface area is 127 Å². The predicted octanol–water partition coefficient (Wildman–Crippen LogP) is 1.37. The fourth-order valence-corrected chi connectivity index (χ4v) is 1.83. The average Bonchev–Trinajstić information content (AvgIpc) is 2.52. The van der Waals surface area contributed by atoms with Crippen molar-refractivity contribution >= 4 is 17.5 Å². The van der Waals surface area contributed by atoms with Crippen LogP contribution in [0.1, 0.15) is 21.6 Å². The van der Waals surface area contributed by atoms with Gasteiger partial charge >= 0.3 is 0 Å². The second-order valence-electron chi connectivity index (χ2n) is 4.08. The molecule has 0 unspecified atom stereocenters. The van der Waals surface area contributed by atoms with Gasteiger partial charge in [-0.05, 0) is 24.3 Å². The molecule has 0 atom stereocenters. The molecule has 106 valence electrons. The van der Waals surface area contributed by atoms with Crippen LogP contribution >= 0.6 is 11.6 Å². The number of nitrogens with two attached hydrogens (primary N) is 1. The van der Waals surface area contributed by atoms with Crippen molar-refractivity contribution in [3.63, 3.8) is 0 Å². The van der Waals surface area contributed by atoms with Gasteiger partial charge in [0.2, 0.25) is 0 Å². The lowest BCUT2D eigenvalue weighted by molar-refractivity contribution is 0.0950. The summed E-state index contributed by atoms with van der Waals surface area (Å²) in [7, 11) is 0. The van der Waals surface area contributed by atoms with E-state index in [0.29, 0.717) is 22.7 Å². The van der Waals surface area contributed by atoms with E-state index in [1.54, 1.807) is 30.5 Å². The number of halogens is 1. The van der Waals surface area contributed by atoms with Crippen LogP contribution in [0.2, 0.25) is 5.02 Å². The Morgan fingerprint density at radius 3 is 2.90 bits per heavy atom. The number of hydrogen-bond donors (Lipinski definition) is 2. The highest BCUT2D eigenvalue weighted by atomic mass is 35.5. The molecule has 0 aliphatic rings. The molecule has 0 aliphatic carbocycles. The van der Waals surface area contributed by atoms with Crippen LogP contribution in [0.4, 0.5) is 0 Å². The zero-order valence-electron chi connectivity index (χ0n) is 11.1. The zero-order valence-corrected chi connectivity index (χ0v) is 11.9. The van der Waals surface area contributed by atoms with Gasteiger partial charge in [-0.3, -0.25) is 4.79 Å². The smallest absolute Gasteiger partial charge is 0.251 e. The Morgan fingerprint density at radius 1 is 1.38 bits per heavy atom. The van der Waals surface area contributed by atoms with Gasteiger partial charge in [-0.2, -0.15) is 0 Å². The standard InChI is InChI=1S/C15H13ClN4O/c16-14-8-12(4-3-11(14)2-1-6-17)15(21)19-9-13-5-7-18-10-20-13/h3-5,7-8,10H,6,9,17H2,(H,19,21). The first-order valence-electron chi connectivity index (χ1n) is 6.22. The minimum atomic E-state index is -0.228. The third kappa shape index (κ3) is 4.28. The van der Waals surface area contributed by atoms with E-state index in [1.807, 2.05) is 0 Å². The van der Waals surface area contributed by atoms with E-state index >= 15 is 0 Å². The summed E-state index contributed by atoms with van der Waals surface area (Å²) in [5.41, 5.74) is 7.15. The third-order valence-electron chi connectivity index (χ3n) is 2.63. The number of hydrogen-bond acceptors (Lipinski definition) is 4. The van der Waals surface area contributed by atoms with Gasteiger partial charge in [-0.25, -0.2) is 9.97 Å². The molecule has 0 saturated heterocycles. The van der Waals surface area contributed by atoms with E-state index < -0.39 is 0 Å². The minimum absolute atomic E-state index is 0.228. The van der Waals surface area contributed by atoms with Gasteiger partial charge in [-0.15, -0.1) is 0 Å². The van der Waals surface area contributed by atoms with Crippen molar-refractivity contribution in [2.24, 2.45) is 5.73 Å². The van der Waals surface area contributed by atoms with Crippen LogP contribution < -0.4 is 11.1 Å². The SMILES string of the molecule is NCC#Cc1ccc(C(=O)NCc2ccncn2)cc1Cl. The lowest BCUT2D eigenvalue weighted by Crippen LogP contribution is -2.23. The van der Waals surface area contributed by atoms with E-state index in [9.17, 15) is 4.79 Å². The first kappa shape index (κ1) is 15.0. The summed E-state index contributed by atoms with van der Waals surface area (Å²) >= 11 is 6.08. The van der Waals surface area contributed by atoms with E-state index in [0.717, 1.165) is 5.69 Å². The molecule has 3 N–H and O–H groups in total. The molecule has 2 rings (SSSR count). The maximum Gasteiger partial charge on any atom is 0.251 e. The van der Waals surface area contributed by atoms with Gasteiger partial charge in [-0.1, -0.05) is 23.4 Å². The highest BCUT2D eigenvalue weighted by Gasteiger charge is 2.08. The summed E-state index contributed by atoms with van der Waals surface area (Å²) in [6.07, 6.45) is 3.06. The van der Waals surface area contributed by atoms with E-state index in [2.05, 4.69) is 27.1 Å². The summed E-state index contributed by atoms with van der Waals surface area (Å²) in [5.74, 6) is 5.33. The third-order valence-corrected chi connectivity index (χ3v) is 2.94. The summed E-state index contributed by atoms with van der Waals surface area (Å²) in [5, 5.41) is 3.18. The molecule has 0 aliphatic heterocycles. The zero-order chi connectivity index (χ0) is 15.1. The molecule has 0 fully saturated rings. The van der Waals surface area contributed by atoms with E-state index in [1.165, 1.54) is 6.33 Å². The predicted molar refractivity (Wildman–Crippen MR) is 80.6 cm³/mol.